The smallest absolute Gasteiger partial charge is 0.388 e. The summed E-state index contributed by atoms with van der Waals surface area (Å²) in [7, 11) is 0. The molecule has 0 radical (unpaired) electrons. The molecule has 0 amide bonds. The van der Waals surface area contributed by atoms with E-state index in [-0.39, 0.29) is 5.92 Å². The third-order valence-corrected chi connectivity index (χ3v) is 3.38. The summed E-state index contributed by atoms with van der Waals surface area (Å²) in [6.07, 6.45) is -5.19. The molecule has 1 N–H and O–H groups in total. The van der Waals surface area contributed by atoms with E-state index in [4.69, 9.17) is 0 Å². The lowest BCUT2D eigenvalue weighted by atomic mass is 9.90. The van der Waals surface area contributed by atoms with E-state index < -0.39 is 17.8 Å². The van der Waals surface area contributed by atoms with E-state index in [1.165, 1.54) is 12.1 Å². The Kier molecular flexibility index (Phi) is 4.14. The highest BCUT2D eigenvalue weighted by molar-refractivity contribution is 5.29. The molecule has 0 saturated heterocycles. The Hall–Kier alpha value is -1.81. The van der Waals surface area contributed by atoms with Crippen LogP contribution in [0.2, 0.25) is 0 Å². The van der Waals surface area contributed by atoms with E-state index >= 15 is 0 Å². The van der Waals surface area contributed by atoms with Gasteiger partial charge in [0.2, 0.25) is 0 Å². The number of alkyl halides is 3. The molecule has 0 fully saturated rings. The van der Waals surface area contributed by atoms with Crippen LogP contribution in [0.15, 0.2) is 54.6 Å². The van der Waals surface area contributed by atoms with Crippen molar-refractivity contribution in [1.29, 1.82) is 0 Å². The summed E-state index contributed by atoms with van der Waals surface area (Å²) in [5, 5.41) is 10.3. The number of aliphatic hydroxyl groups excluding tert-OH is 1. The van der Waals surface area contributed by atoms with Gasteiger partial charge in [-0.25, -0.2) is 0 Å². The minimum absolute atomic E-state index is 0.187. The molecule has 20 heavy (non-hydrogen) atoms. The van der Waals surface area contributed by atoms with Crippen LogP contribution in [0, 0.1) is 0 Å². The van der Waals surface area contributed by atoms with E-state index in [0.717, 1.165) is 17.7 Å². The molecule has 4 heteroatoms. The Balaban J connectivity index is 2.19. The van der Waals surface area contributed by atoms with E-state index in [2.05, 4.69) is 0 Å². The second-order valence-corrected chi connectivity index (χ2v) is 4.76. The molecule has 2 atom stereocenters. The lowest BCUT2D eigenvalue weighted by Gasteiger charge is -2.20. The van der Waals surface area contributed by atoms with Crippen molar-refractivity contribution in [3.05, 3.63) is 71.3 Å². The van der Waals surface area contributed by atoms with Gasteiger partial charge in [-0.15, -0.1) is 0 Å². The molecule has 2 aromatic carbocycles. The average molecular weight is 280 g/mol. The van der Waals surface area contributed by atoms with Gasteiger partial charge < -0.3 is 5.11 Å². The summed E-state index contributed by atoms with van der Waals surface area (Å²) in [6.45, 7) is 1.84. The zero-order valence-electron chi connectivity index (χ0n) is 10.9. The number of halogens is 3. The maximum atomic E-state index is 12.5. The van der Waals surface area contributed by atoms with Crippen LogP contribution >= 0.6 is 0 Å². The fourth-order valence-electron chi connectivity index (χ4n) is 2.10. The first kappa shape index (κ1) is 14.6. The van der Waals surface area contributed by atoms with Gasteiger partial charge in [0.25, 0.3) is 0 Å². The normalized spacial score (nSPS) is 14.8. The lowest BCUT2D eigenvalue weighted by molar-refractivity contribution is -0.137. The Labute approximate surface area is 115 Å². The second kappa shape index (κ2) is 5.67. The van der Waals surface area contributed by atoms with Crippen molar-refractivity contribution in [2.45, 2.75) is 25.1 Å². The molecule has 0 aliphatic rings. The van der Waals surface area contributed by atoms with E-state index in [0.29, 0.717) is 5.56 Å². The van der Waals surface area contributed by atoms with Crippen LogP contribution in [0.1, 0.15) is 35.6 Å². The van der Waals surface area contributed by atoms with Crippen molar-refractivity contribution in [3.8, 4) is 0 Å². The second-order valence-electron chi connectivity index (χ2n) is 4.76. The fraction of sp³-hybridized carbons (Fsp3) is 0.250. The molecule has 0 bridgehead atoms. The summed E-state index contributed by atoms with van der Waals surface area (Å²) in [6, 6.07) is 14.0. The Bertz CT molecular complexity index is 546. The van der Waals surface area contributed by atoms with Gasteiger partial charge in [0.05, 0.1) is 11.7 Å². The van der Waals surface area contributed by atoms with Crippen molar-refractivity contribution < 1.29 is 18.3 Å². The van der Waals surface area contributed by atoms with E-state index in [1.807, 2.05) is 37.3 Å². The maximum absolute atomic E-state index is 12.5. The molecular weight excluding hydrogens is 265 g/mol. The molecule has 2 rings (SSSR count). The van der Waals surface area contributed by atoms with Crippen molar-refractivity contribution in [1.82, 2.24) is 0 Å². The molecule has 106 valence electrons. The summed E-state index contributed by atoms with van der Waals surface area (Å²) >= 11 is 0. The number of hydrogen-bond acceptors (Lipinski definition) is 1. The minimum atomic E-state index is -4.35. The molecule has 0 heterocycles. The molecule has 0 saturated carbocycles. The molecule has 2 aromatic rings. The van der Waals surface area contributed by atoms with Gasteiger partial charge in [-0.05, 0) is 23.3 Å². The Morgan fingerprint density at radius 1 is 0.850 bits per heavy atom. The third kappa shape index (κ3) is 3.20. The van der Waals surface area contributed by atoms with Crippen molar-refractivity contribution in [3.63, 3.8) is 0 Å². The highest BCUT2D eigenvalue weighted by atomic mass is 19.4. The summed E-state index contributed by atoms with van der Waals surface area (Å²) in [4.78, 5) is 0. The van der Waals surface area contributed by atoms with Crippen LogP contribution < -0.4 is 0 Å². The van der Waals surface area contributed by atoms with Crippen LogP contribution in [0.25, 0.3) is 0 Å². The van der Waals surface area contributed by atoms with Crippen molar-refractivity contribution in [2.75, 3.05) is 0 Å². The van der Waals surface area contributed by atoms with Crippen molar-refractivity contribution in [2.24, 2.45) is 0 Å². The average Bonchev–Trinajstić information content (AvgIpc) is 2.46. The fourth-order valence-corrected chi connectivity index (χ4v) is 2.10. The first-order valence-electron chi connectivity index (χ1n) is 6.30. The monoisotopic (exact) mass is 280 g/mol. The zero-order valence-corrected chi connectivity index (χ0v) is 10.9. The number of hydrogen-bond donors (Lipinski definition) is 1. The van der Waals surface area contributed by atoms with Gasteiger partial charge >= 0.3 is 6.18 Å². The molecule has 0 aliphatic carbocycles. The van der Waals surface area contributed by atoms with E-state index in [1.54, 1.807) is 0 Å². The molecule has 0 aliphatic heterocycles. The largest absolute Gasteiger partial charge is 0.416 e. The third-order valence-electron chi connectivity index (χ3n) is 3.38. The van der Waals surface area contributed by atoms with Crippen LogP contribution in [-0.2, 0) is 6.18 Å². The van der Waals surface area contributed by atoms with Crippen LogP contribution in [0.5, 0.6) is 0 Å². The van der Waals surface area contributed by atoms with Crippen LogP contribution in [-0.4, -0.2) is 5.11 Å². The molecule has 0 aromatic heterocycles. The Morgan fingerprint density at radius 2 is 1.40 bits per heavy atom. The first-order chi connectivity index (χ1) is 9.39. The Morgan fingerprint density at radius 3 is 1.90 bits per heavy atom. The van der Waals surface area contributed by atoms with Gasteiger partial charge in [-0.3, -0.25) is 0 Å². The van der Waals surface area contributed by atoms with Gasteiger partial charge in [-0.1, -0.05) is 49.4 Å². The van der Waals surface area contributed by atoms with Gasteiger partial charge in [0.15, 0.2) is 0 Å². The van der Waals surface area contributed by atoms with Gasteiger partial charge in [-0.2, -0.15) is 13.2 Å². The highest BCUT2D eigenvalue weighted by Gasteiger charge is 2.30. The van der Waals surface area contributed by atoms with Crippen LogP contribution in [0.3, 0.4) is 0 Å². The number of rotatable bonds is 3. The topological polar surface area (TPSA) is 20.2 Å². The summed E-state index contributed by atoms with van der Waals surface area (Å²) in [5.41, 5.74) is 0.718. The molecule has 1 unspecified atom stereocenters. The highest BCUT2D eigenvalue weighted by Crippen LogP contribution is 2.33. The maximum Gasteiger partial charge on any atom is 0.416 e. The minimum Gasteiger partial charge on any atom is -0.388 e. The predicted molar refractivity (Wildman–Crippen MR) is 71.3 cm³/mol. The van der Waals surface area contributed by atoms with Crippen molar-refractivity contribution >= 4 is 0 Å². The predicted octanol–water partition coefficient (Wildman–Crippen LogP) is 4.54. The summed E-state index contributed by atoms with van der Waals surface area (Å²) < 4.78 is 37.4. The molecule has 1 nitrogen and oxygen atoms in total. The van der Waals surface area contributed by atoms with Crippen LogP contribution in [0.4, 0.5) is 13.2 Å². The summed E-state index contributed by atoms with van der Waals surface area (Å²) in [5.74, 6) is -0.187. The number of aliphatic hydroxyl groups is 1. The molecule has 0 spiro atoms. The van der Waals surface area contributed by atoms with E-state index in [9.17, 15) is 18.3 Å². The standard InChI is InChI=1S/C16H15F3O/c1-11(12-5-3-2-4-6-12)15(20)13-7-9-14(10-8-13)16(17,18)19/h2-11,15,20H,1H3/t11-,15?/m1/s1. The quantitative estimate of drug-likeness (QED) is 0.875. The molecular formula is C16H15F3O. The first-order valence-corrected chi connectivity index (χ1v) is 6.30. The zero-order chi connectivity index (χ0) is 14.8. The SMILES string of the molecule is C[C@H](c1ccccc1)C(O)c1ccc(C(F)(F)F)cc1. The van der Waals surface area contributed by atoms with Gasteiger partial charge in [0.1, 0.15) is 0 Å². The lowest BCUT2D eigenvalue weighted by Crippen LogP contribution is -2.09. The van der Waals surface area contributed by atoms with Gasteiger partial charge in [0, 0.05) is 5.92 Å². The number of benzene rings is 2.